The van der Waals surface area contributed by atoms with Crippen molar-refractivity contribution in [2.45, 2.75) is 32.4 Å². The van der Waals surface area contributed by atoms with E-state index >= 15 is 0 Å². The Kier molecular flexibility index (Phi) is 6.63. The topological polar surface area (TPSA) is 36.0 Å². The molecule has 1 atom stereocenters. The molecule has 0 aromatic heterocycles. The van der Waals surface area contributed by atoms with Gasteiger partial charge in [-0.25, -0.2) is 0 Å². The van der Waals surface area contributed by atoms with Crippen molar-refractivity contribution in [2.24, 2.45) is 5.41 Å². The normalized spacial score (nSPS) is 22.3. The van der Waals surface area contributed by atoms with Crippen LogP contribution in [0.1, 0.15) is 36.9 Å². The Morgan fingerprint density at radius 3 is 2.32 bits per heavy atom. The molecule has 4 rings (SSSR count). The lowest BCUT2D eigenvalue weighted by molar-refractivity contribution is -0.147. The summed E-state index contributed by atoms with van der Waals surface area (Å²) in [6.45, 7) is 7.57. The third-order valence-electron chi connectivity index (χ3n) is 7.16. The Morgan fingerprint density at radius 1 is 1.00 bits per heavy atom. The first-order valence-corrected chi connectivity index (χ1v) is 11.4. The number of ether oxygens (including phenoxy) is 1. The Morgan fingerprint density at radius 2 is 1.68 bits per heavy atom. The molecule has 5 nitrogen and oxygen atoms in total. The standard InChI is InChI=1S/C26H35N3O2/c1-26(13-15-28(16-14-26)19-21-7-5-4-6-8-21)25(30)29-18-17-27(2)24(20-29)22-9-11-23(31-3)12-10-22/h4-12,24H,13-20H2,1-3H3/t24-/m0/s1. The van der Waals surface area contributed by atoms with Crippen LogP contribution in [0.3, 0.4) is 0 Å². The third kappa shape index (κ3) is 4.94. The first kappa shape index (κ1) is 21.8. The lowest BCUT2D eigenvalue weighted by Gasteiger charge is -2.45. The maximum absolute atomic E-state index is 13.6. The van der Waals surface area contributed by atoms with Crippen LogP contribution in [0.2, 0.25) is 0 Å². The molecule has 1 amide bonds. The van der Waals surface area contributed by atoms with Gasteiger partial charge in [0.1, 0.15) is 5.75 Å². The number of hydrogen-bond donors (Lipinski definition) is 0. The van der Waals surface area contributed by atoms with Gasteiger partial charge in [-0.1, -0.05) is 49.4 Å². The van der Waals surface area contributed by atoms with Crippen molar-refractivity contribution in [3.63, 3.8) is 0 Å². The van der Waals surface area contributed by atoms with Crippen molar-refractivity contribution < 1.29 is 9.53 Å². The number of hydrogen-bond acceptors (Lipinski definition) is 4. The van der Waals surface area contributed by atoms with Gasteiger partial charge >= 0.3 is 0 Å². The van der Waals surface area contributed by atoms with Gasteiger partial charge in [0.25, 0.3) is 0 Å². The lowest BCUT2D eigenvalue weighted by atomic mass is 9.78. The van der Waals surface area contributed by atoms with E-state index in [9.17, 15) is 4.79 Å². The quantitative estimate of drug-likeness (QED) is 0.736. The third-order valence-corrected chi connectivity index (χ3v) is 7.16. The molecule has 0 unspecified atom stereocenters. The van der Waals surface area contributed by atoms with Gasteiger partial charge in [0.15, 0.2) is 0 Å². The summed E-state index contributed by atoms with van der Waals surface area (Å²) in [5.74, 6) is 1.20. The van der Waals surface area contributed by atoms with Gasteiger partial charge in [-0.15, -0.1) is 0 Å². The van der Waals surface area contributed by atoms with E-state index in [1.54, 1.807) is 7.11 Å². The predicted octanol–water partition coefficient (Wildman–Crippen LogP) is 3.81. The van der Waals surface area contributed by atoms with Crippen molar-refractivity contribution in [3.05, 3.63) is 65.7 Å². The summed E-state index contributed by atoms with van der Waals surface area (Å²) in [5, 5.41) is 0. The Balaban J connectivity index is 1.38. The van der Waals surface area contributed by atoms with Crippen LogP contribution in [-0.4, -0.2) is 67.5 Å². The highest BCUT2D eigenvalue weighted by Gasteiger charge is 2.41. The van der Waals surface area contributed by atoms with Crippen molar-refractivity contribution in [3.8, 4) is 5.75 Å². The summed E-state index contributed by atoms with van der Waals surface area (Å²) >= 11 is 0. The molecule has 2 aromatic rings. The van der Waals surface area contributed by atoms with Gasteiger partial charge in [-0.2, -0.15) is 0 Å². The Hall–Kier alpha value is -2.37. The van der Waals surface area contributed by atoms with E-state index in [4.69, 9.17) is 4.74 Å². The van der Waals surface area contributed by atoms with E-state index < -0.39 is 0 Å². The molecule has 2 aromatic carbocycles. The summed E-state index contributed by atoms with van der Waals surface area (Å²) in [6.07, 6.45) is 1.86. The minimum Gasteiger partial charge on any atom is -0.497 e. The number of methoxy groups -OCH3 is 1. The summed E-state index contributed by atoms with van der Waals surface area (Å²) in [5.41, 5.74) is 2.33. The van der Waals surface area contributed by atoms with Crippen LogP contribution in [0.25, 0.3) is 0 Å². The summed E-state index contributed by atoms with van der Waals surface area (Å²) in [6, 6.07) is 19.1. The molecule has 0 radical (unpaired) electrons. The molecule has 5 heteroatoms. The number of rotatable bonds is 5. The maximum Gasteiger partial charge on any atom is 0.228 e. The average molecular weight is 422 g/mol. The van der Waals surface area contributed by atoms with Crippen molar-refractivity contribution in [1.82, 2.24) is 14.7 Å². The minimum absolute atomic E-state index is 0.227. The number of likely N-dealkylation sites (tertiary alicyclic amines) is 1. The number of piperidine rings is 1. The average Bonchev–Trinajstić information content (AvgIpc) is 2.81. The molecule has 0 N–H and O–H groups in total. The summed E-state index contributed by atoms with van der Waals surface area (Å²) in [7, 11) is 3.84. The number of nitrogens with zero attached hydrogens (tertiary/aromatic N) is 3. The zero-order valence-corrected chi connectivity index (χ0v) is 19.1. The summed E-state index contributed by atoms with van der Waals surface area (Å²) in [4.78, 5) is 20.5. The zero-order valence-electron chi connectivity index (χ0n) is 19.1. The van der Waals surface area contributed by atoms with Gasteiger partial charge in [0.05, 0.1) is 13.2 Å². The molecule has 166 valence electrons. The number of amides is 1. The van der Waals surface area contributed by atoms with Crippen LogP contribution < -0.4 is 4.74 Å². The monoisotopic (exact) mass is 421 g/mol. The van der Waals surface area contributed by atoms with Gasteiger partial charge in [-0.3, -0.25) is 14.6 Å². The molecule has 31 heavy (non-hydrogen) atoms. The van der Waals surface area contributed by atoms with E-state index in [2.05, 4.69) is 71.1 Å². The Labute approximate surface area is 186 Å². The van der Waals surface area contributed by atoms with Crippen molar-refractivity contribution in [2.75, 3.05) is 46.9 Å². The van der Waals surface area contributed by atoms with E-state index in [1.165, 1.54) is 11.1 Å². The second kappa shape index (κ2) is 9.41. The van der Waals surface area contributed by atoms with E-state index in [1.807, 2.05) is 12.1 Å². The van der Waals surface area contributed by atoms with Gasteiger partial charge in [0, 0.05) is 31.6 Å². The molecule has 2 fully saturated rings. The van der Waals surface area contributed by atoms with Crippen LogP contribution in [-0.2, 0) is 11.3 Å². The number of benzene rings is 2. The fourth-order valence-corrected chi connectivity index (χ4v) is 4.89. The van der Waals surface area contributed by atoms with Gasteiger partial charge in [0.2, 0.25) is 5.91 Å². The molecule has 2 saturated heterocycles. The molecular weight excluding hydrogens is 386 g/mol. The van der Waals surface area contributed by atoms with Crippen LogP contribution >= 0.6 is 0 Å². The number of carbonyl (C=O) groups is 1. The molecular formula is C26H35N3O2. The first-order valence-electron chi connectivity index (χ1n) is 11.4. The zero-order chi connectivity index (χ0) is 21.8. The number of piperazine rings is 1. The smallest absolute Gasteiger partial charge is 0.228 e. The number of likely N-dealkylation sites (N-methyl/N-ethyl adjacent to an activating group) is 1. The highest BCUT2D eigenvalue weighted by Crippen LogP contribution is 2.35. The van der Waals surface area contributed by atoms with Crippen molar-refractivity contribution in [1.29, 1.82) is 0 Å². The number of carbonyl (C=O) groups excluding carboxylic acids is 1. The lowest BCUT2D eigenvalue weighted by Crippen LogP contribution is -2.54. The van der Waals surface area contributed by atoms with Crippen LogP contribution in [0.5, 0.6) is 5.75 Å². The fourth-order valence-electron chi connectivity index (χ4n) is 4.89. The van der Waals surface area contributed by atoms with E-state index in [0.717, 1.165) is 57.9 Å². The molecule has 2 aliphatic rings. The van der Waals surface area contributed by atoms with Crippen LogP contribution in [0.15, 0.2) is 54.6 Å². The second-order valence-electron chi connectivity index (χ2n) is 9.34. The predicted molar refractivity (Wildman–Crippen MR) is 124 cm³/mol. The van der Waals surface area contributed by atoms with Crippen LogP contribution in [0.4, 0.5) is 0 Å². The summed E-state index contributed by atoms with van der Waals surface area (Å²) < 4.78 is 5.30. The highest BCUT2D eigenvalue weighted by molar-refractivity contribution is 5.82. The molecule has 0 aliphatic carbocycles. The van der Waals surface area contributed by atoms with Gasteiger partial charge < -0.3 is 9.64 Å². The van der Waals surface area contributed by atoms with E-state index in [0.29, 0.717) is 5.91 Å². The molecule has 0 saturated carbocycles. The molecule has 2 heterocycles. The SMILES string of the molecule is COc1ccc([C@@H]2CN(C(=O)C3(C)CCN(Cc4ccccc4)CC3)CCN2C)cc1. The molecule has 2 aliphatic heterocycles. The fraction of sp³-hybridized carbons (Fsp3) is 0.500. The first-order chi connectivity index (χ1) is 15.0. The highest BCUT2D eigenvalue weighted by atomic mass is 16.5. The van der Waals surface area contributed by atoms with Gasteiger partial charge in [-0.05, 0) is 56.2 Å². The Bertz CT molecular complexity index is 860. The van der Waals surface area contributed by atoms with E-state index in [-0.39, 0.29) is 11.5 Å². The second-order valence-corrected chi connectivity index (χ2v) is 9.34. The molecule has 0 bridgehead atoms. The minimum atomic E-state index is -0.256. The van der Waals surface area contributed by atoms with Crippen molar-refractivity contribution >= 4 is 5.91 Å². The maximum atomic E-state index is 13.6. The van der Waals surface area contributed by atoms with Crippen LogP contribution in [0, 0.1) is 5.41 Å². The largest absolute Gasteiger partial charge is 0.497 e. The molecule has 0 spiro atoms.